The molecule has 0 fully saturated rings. The topological polar surface area (TPSA) is 52.3 Å². The predicted molar refractivity (Wildman–Crippen MR) is 77.5 cm³/mol. The third-order valence-electron chi connectivity index (χ3n) is 2.90. The second-order valence-electron chi connectivity index (χ2n) is 4.81. The van der Waals surface area contributed by atoms with Crippen LogP contribution in [-0.2, 0) is 16.0 Å². The van der Waals surface area contributed by atoms with Crippen molar-refractivity contribution in [1.29, 1.82) is 0 Å². The number of hydrogen-bond acceptors (Lipinski definition) is 3. The quantitative estimate of drug-likeness (QED) is 0.338. The monoisotopic (exact) mass is 261 g/mol. The Bertz CT molecular complexity index is 400. The first-order valence-electron chi connectivity index (χ1n) is 6.75. The maximum Gasteiger partial charge on any atom is 0.334 e. The van der Waals surface area contributed by atoms with Crippen molar-refractivity contribution in [3.63, 3.8) is 0 Å². The van der Waals surface area contributed by atoms with Crippen molar-refractivity contribution in [2.24, 2.45) is 5.73 Å². The van der Waals surface area contributed by atoms with E-state index in [9.17, 15) is 4.79 Å². The molecular formula is C16H23NO2. The molecular weight excluding hydrogens is 238 g/mol. The summed E-state index contributed by atoms with van der Waals surface area (Å²) >= 11 is 0. The molecule has 104 valence electrons. The van der Waals surface area contributed by atoms with Crippen molar-refractivity contribution in [2.45, 2.75) is 45.3 Å². The van der Waals surface area contributed by atoms with Crippen molar-refractivity contribution in [1.82, 2.24) is 0 Å². The van der Waals surface area contributed by atoms with Crippen LogP contribution in [0.15, 0.2) is 42.5 Å². The summed E-state index contributed by atoms with van der Waals surface area (Å²) in [6.07, 6.45) is 4.46. The van der Waals surface area contributed by atoms with Gasteiger partial charge in [-0.25, -0.2) is 4.79 Å². The summed E-state index contributed by atoms with van der Waals surface area (Å²) in [6, 6.07) is 10.4. The van der Waals surface area contributed by atoms with Gasteiger partial charge in [0.1, 0.15) is 0 Å². The van der Waals surface area contributed by atoms with Crippen LogP contribution in [0.25, 0.3) is 0 Å². The van der Waals surface area contributed by atoms with E-state index in [-0.39, 0.29) is 0 Å². The molecule has 0 amide bonds. The molecule has 0 saturated carbocycles. The number of benzene rings is 1. The molecule has 3 nitrogen and oxygen atoms in total. The summed E-state index contributed by atoms with van der Waals surface area (Å²) in [7, 11) is 0. The van der Waals surface area contributed by atoms with E-state index in [1.165, 1.54) is 5.56 Å². The van der Waals surface area contributed by atoms with Gasteiger partial charge in [0.2, 0.25) is 0 Å². The normalized spacial score (nSPS) is 11.9. The molecule has 0 aliphatic rings. The van der Waals surface area contributed by atoms with Crippen LogP contribution in [0.1, 0.15) is 38.2 Å². The molecule has 1 aromatic rings. The summed E-state index contributed by atoms with van der Waals surface area (Å²) in [5.41, 5.74) is 7.47. The second-order valence-corrected chi connectivity index (χ2v) is 4.81. The Kier molecular flexibility index (Phi) is 6.90. The fraction of sp³-hybridized carbons (Fsp3) is 0.438. The van der Waals surface area contributed by atoms with Crippen molar-refractivity contribution in [3.8, 4) is 0 Å². The SMILES string of the molecule is C=C(C)C(=O)OC(N)CCCCCc1ccccc1. The predicted octanol–water partition coefficient (Wildman–Crippen LogP) is 3.19. The summed E-state index contributed by atoms with van der Waals surface area (Å²) in [5, 5.41) is 0. The van der Waals surface area contributed by atoms with Crippen LogP contribution in [0.3, 0.4) is 0 Å². The second kappa shape index (κ2) is 8.48. The van der Waals surface area contributed by atoms with Crippen LogP contribution < -0.4 is 5.73 Å². The molecule has 1 unspecified atom stereocenters. The Balaban J connectivity index is 2.07. The number of aryl methyl sites for hydroxylation is 1. The Morgan fingerprint density at radius 1 is 1.26 bits per heavy atom. The van der Waals surface area contributed by atoms with Crippen molar-refractivity contribution < 1.29 is 9.53 Å². The van der Waals surface area contributed by atoms with E-state index in [0.717, 1.165) is 25.7 Å². The van der Waals surface area contributed by atoms with Crippen LogP contribution in [0.4, 0.5) is 0 Å². The van der Waals surface area contributed by atoms with E-state index in [0.29, 0.717) is 12.0 Å². The van der Waals surface area contributed by atoms with E-state index < -0.39 is 12.2 Å². The highest BCUT2D eigenvalue weighted by Gasteiger charge is 2.09. The molecule has 0 heterocycles. The number of rotatable bonds is 8. The Labute approximate surface area is 115 Å². The van der Waals surface area contributed by atoms with Gasteiger partial charge in [0, 0.05) is 5.57 Å². The third-order valence-corrected chi connectivity index (χ3v) is 2.90. The van der Waals surface area contributed by atoms with Gasteiger partial charge < -0.3 is 4.74 Å². The van der Waals surface area contributed by atoms with Crippen molar-refractivity contribution in [2.75, 3.05) is 0 Å². The van der Waals surface area contributed by atoms with Gasteiger partial charge in [-0.2, -0.15) is 0 Å². The molecule has 0 aliphatic carbocycles. The maximum absolute atomic E-state index is 11.2. The number of unbranched alkanes of at least 4 members (excludes halogenated alkanes) is 2. The molecule has 0 spiro atoms. The van der Waals surface area contributed by atoms with Crippen LogP contribution >= 0.6 is 0 Å². The number of hydrogen-bond donors (Lipinski definition) is 1. The number of ether oxygens (including phenoxy) is 1. The van der Waals surface area contributed by atoms with Gasteiger partial charge >= 0.3 is 5.97 Å². The molecule has 0 aliphatic heterocycles. The lowest BCUT2D eigenvalue weighted by molar-refractivity contribution is -0.144. The fourth-order valence-electron chi connectivity index (χ4n) is 1.79. The lowest BCUT2D eigenvalue weighted by atomic mass is 10.1. The molecule has 0 radical (unpaired) electrons. The van der Waals surface area contributed by atoms with E-state index in [4.69, 9.17) is 10.5 Å². The van der Waals surface area contributed by atoms with Crippen LogP contribution in [0.5, 0.6) is 0 Å². The Morgan fingerprint density at radius 2 is 1.95 bits per heavy atom. The molecule has 0 aromatic heterocycles. The van der Waals surface area contributed by atoms with Crippen LogP contribution in [0.2, 0.25) is 0 Å². The van der Waals surface area contributed by atoms with E-state index in [1.54, 1.807) is 6.92 Å². The van der Waals surface area contributed by atoms with E-state index in [1.807, 2.05) is 6.07 Å². The van der Waals surface area contributed by atoms with Gasteiger partial charge in [-0.1, -0.05) is 43.3 Å². The minimum atomic E-state index is -0.513. The highest BCUT2D eigenvalue weighted by molar-refractivity contribution is 5.87. The number of esters is 1. The highest BCUT2D eigenvalue weighted by atomic mass is 16.6. The number of carbonyl (C=O) groups excluding carboxylic acids is 1. The molecule has 1 rings (SSSR count). The van der Waals surface area contributed by atoms with Gasteiger partial charge in [0.25, 0.3) is 0 Å². The van der Waals surface area contributed by atoms with Gasteiger partial charge in [-0.15, -0.1) is 0 Å². The van der Waals surface area contributed by atoms with Crippen LogP contribution in [0, 0.1) is 0 Å². The Hall–Kier alpha value is -1.61. The summed E-state index contributed by atoms with van der Waals surface area (Å²) in [4.78, 5) is 11.2. The zero-order chi connectivity index (χ0) is 14.1. The highest BCUT2D eigenvalue weighted by Crippen LogP contribution is 2.09. The molecule has 1 atom stereocenters. The lowest BCUT2D eigenvalue weighted by Gasteiger charge is -2.12. The Morgan fingerprint density at radius 3 is 2.58 bits per heavy atom. The smallest absolute Gasteiger partial charge is 0.334 e. The molecule has 3 heteroatoms. The molecule has 1 aromatic carbocycles. The summed E-state index contributed by atoms with van der Waals surface area (Å²) < 4.78 is 5.02. The third kappa shape index (κ3) is 6.77. The standard InChI is InChI=1S/C16H23NO2/c1-13(2)16(18)19-15(17)12-8-4-7-11-14-9-5-3-6-10-14/h3,5-6,9-10,15H,1,4,7-8,11-12,17H2,2H3. The fourth-order valence-corrected chi connectivity index (χ4v) is 1.79. The summed E-state index contributed by atoms with van der Waals surface area (Å²) in [5.74, 6) is -0.406. The van der Waals surface area contributed by atoms with Crippen LogP contribution in [-0.4, -0.2) is 12.2 Å². The zero-order valence-electron chi connectivity index (χ0n) is 11.6. The minimum absolute atomic E-state index is 0.388. The van der Waals surface area contributed by atoms with E-state index >= 15 is 0 Å². The average Bonchev–Trinajstić information content (AvgIpc) is 2.39. The van der Waals surface area contributed by atoms with Gasteiger partial charge in [0.05, 0.1) is 0 Å². The van der Waals surface area contributed by atoms with E-state index in [2.05, 4.69) is 30.8 Å². The molecule has 0 saturated heterocycles. The molecule has 2 N–H and O–H groups in total. The first kappa shape index (κ1) is 15.4. The molecule has 19 heavy (non-hydrogen) atoms. The largest absolute Gasteiger partial charge is 0.443 e. The minimum Gasteiger partial charge on any atom is -0.443 e. The zero-order valence-corrected chi connectivity index (χ0v) is 11.6. The summed E-state index contributed by atoms with van der Waals surface area (Å²) in [6.45, 7) is 5.14. The maximum atomic E-state index is 11.2. The number of nitrogens with two attached hydrogens (primary N) is 1. The van der Waals surface area contributed by atoms with Crippen molar-refractivity contribution >= 4 is 5.97 Å². The van der Waals surface area contributed by atoms with Gasteiger partial charge in [-0.3, -0.25) is 5.73 Å². The average molecular weight is 261 g/mol. The first-order valence-corrected chi connectivity index (χ1v) is 6.75. The first-order chi connectivity index (χ1) is 9.09. The number of carbonyl (C=O) groups is 1. The van der Waals surface area contributed by atoms with Gasteiger partial charge in [0.15, 0.2) is 6.23 Å². The molecule has 0 bridgehead atoms. The van der Waals surface area contributed by atoms with Crippen molar-refractivity contribution in [3.05, 3.63) is 48.0 Å². The lowest BCUT2D eigenvalue weighted by Crippen LogP contribution is -2.27. The van der Waals surface area contributed by atoms with Gasteiger partial charge in [-0.05, 0) is 38.2 Å².